The highest BCUT2D eigenvalue weighted by Gasteiger charge is 2.45. The molecule has 0 aliphatic carbocycles. The van der Waals surface area contributed by atoms with Gasteiger partial charge in [0, 0.05) is 17.2 Å². The second kappa shape index (κ2) is 6.52. The third kappa shape index (κ3) is 3.97. The van der Waals surface area contributed by atoms with Crippen molar-refractivity contribution in [1.82, 2.24) is 9.55 Å². The number of H-pyrrole nitrogens is 1. The van der Waals surface area contributed by atoms with Gasteiger partial charge in [-0.05, 0) is 5.53 Å². The van der Waals surface area contributed by atoms with Crippen LogP contribution in [0, 0.1) is 0 Å². The summed E-state index contributed by atoms with van der Waals surface area (Å²) in [6.45, 7) is -0.522. The van der Waals surface area contributed by atoms with Crippen molar-refractivity contribution < 1.29 is 22.4 Å². The maximum Gasteiger partial charge on any atom is 0.330 e. The van der Waals surface area contributed by atoms with Crippen molar-refractivity contribution in [1.29, 1.82) is 0 Å². The molecular formula is C10H13N5O7S. The van der Waals surface area contributed by atoms with Gasteiger partial charge in [0.1, 0.15) is 18.4 Å². The average molecular weight is 347 g/mol. The monoisotopic (exact) mass is 347 g/mol. The molecule has 1 fully saturated rings. The number of hydrogen-bond donors (Lipinski definition) is 2. The lowest BCUT2D eigenvalue weighted by Gasteiger charge is -2.17. The Balaban J connectivity index is 2.32. The largest absolute Gasteiger partial charge is 0.390 e. The van der Waals surface area contributed by atoms with E-state index >= 15 is 0 Å². The molecule has 1 aliphatic rings. The minimum Gasteiger partial charge on any atom is -0.390 e. The van der Waals surface area contributed by atoms with Gasteiger partial charge in [0.25, 0.3) is 15.7 Å². The van der Waals surface area contributed by atoms with Crippen molar-refractivity contribution in [2.75, 3.05) is 12.9 Å². The molecule has 0 bridgehead atoms. The third-order valence-corrected chi connectivity index (χ3v) is 3.66. The van der Waals surface area contributed by atoms with Gasteiger partial charge in [0.05, 0.1) is 19.0 Å². The van der Waals surface area contributed by atoms with Crippen LogP contribution in [-0.4, -0.2) is 54.2 Å². The highest BCUT2D eigenvalue weighted by Crippen LogP contribution is 2.31. The van der Waals surface area contributed by atoms with E-state index in [1.807, 2.05) is 4.98 Å². The third-order valence-electron chi connectivity index (χ3n) is 3.09. The molecule has 2 rings (SSSR count). The summed E-state index contributed by atoms with van der Waals surface area (Å²) in [5.41, 5.74) is 7.11. The molecule has 1 saturated heterocycles. The molecule has 4 atom stereocenters. The molecular weight excluding hydrogens is 334 g/mol. The first kappa shape index (κ1) is 17.2. The molecule has 12 nitrogen and oxygen atoms in total. The Kier molecular flexibility index (Phi) is 4.87. The predicted molar refractivity (Wildman–Crippen MR) is 75.0 cm³/mol. The van der Waals surface area contributed by atoms with Crippen molar-refractivity contribution in [3.8, 4) is 0 Å². The van der Waals surface area contributed by atoms with Crippen molar-refractivity contribution in [3.05, 3.63) is 43.5 Å². The number of ether oxygens (including phenoxy) is 1. The van der Waals surface area contributed by atoms with E-state index in [0.29, 0.717) is 0 Å². The van der Waals surface area contributed by atoms with Crippen LogP contribution in [0.3, 0.4) is 0 Å². The fraction of sp³-hybridized carbons (Fsp3) is 0.600. The zero-order valence-corrected chi connectivity index (χ0v) is 12.6. The second-order valence-electron chi connectivity index (χ2n) is 4.76. The maximum atomic E-state index is 11.8. The van der Waals surface area contributed by atoms with Gasteiger partial charge in [0.2, 0.25) is 0 Å². The number of hydrogen-bond acceptors (Lipinski definition) is 8. The topological polar surface area (TPSA) is 176 Å². The first-order valence-corrected chi connectivity index (χ1v) is 8.08. The minimum absolute atomic E-state index is 0.522. The van der Waals surface area contributed by atoms with Gasteiger partial charge in [-0.25, -0.2) is 4.79 Å². The number of nitrogens with zero attached hydrogens (tertiary/aromatic N) is 4. The van der Waals surface area contributed by atoms with Crippen LogP contribution in [0.1, 0.15) is 6.23 Å². The fourth-order valence-corrected chi connectivity index (χ4v) is 2.48. The summed E-state index contributed by atoms with van der Waals surface area (Å²) in [6, 6.07) is -0.165. The predicted octanol–water partition coefficient (Wildman–Crippen LogP) is -1.55. The maximum absolute atomic E-state index is 11.8. The summed E-state index contributed by atoms with van der Waals surface area (Å²) in [5, 5.41) is 13.5. The highest BCUT2D eigenvalue weighted by atomic mass is 32.2. The lowest BCUT2D eigenvalue weighted by Crippen LogP contribution is -2.36. The molecule has 0 saturated carbocycles. The SMILES string of the molecule is CS(=O)(=O)OC[C@H]1O[C@@H](n2ccc(=O)[nH]c2=O)[C@H](N=[N+]=[N-])[C@@H]1O. The van der Waals surface area contributed by atoms with Crippen LogP contribution in [0.4, 0.5) is 0 Å². The number of aliphatic hydroxyl groups excluding tert-OH is 1. The molecule has 13 heteroatoms. The molecule has 1 aromatic heterocycles. The number of aromatic nitrogens is 2. The summed E-state index contributed by atoms with van der Waals surface area (Å²) in [7, 11) is -3.77. The summed E-state index contributed by atoms with van der Waals surface area (Å²) >= 11 is 0. The molecule has 2 heterocycles. The normalized spacial score (nSPS) is 27.6. The molecule has 0 aromatic carbocycles. The van der Waals surface area contributed by atoms with Gasteiger partial charge in [-0.2, -0.15) is 8.42 Å². The quantitative estimate of drug-likeness (QED) is 0.280. The number of aromatic amines is 1. The van der Waals surface area contributed by atoms with Gasteiger partial charge in [0.15, 0.2) is 0 Å². The van der Waals surface area contributed by atoms with Gasteiger partial charge in [-0.15, -0.1) is 0 Å². The Labute approximate surface area is 129 Å². The smallest absolute Gasteiger partial charge is 0.330 e. The van der Waals surface area contributed by atoms with Crippen LogP contribution >= 0.6 is 0 Å². The van der Waals surface area contributed by atoms with Crippen molar-refractivity contribution in [2.45, 2.75) is 24.5 Å². The minimum atomic E-state index is -3.77. The molecule has 0 spiro atoms. The van der Waals surface area contributed by atoms with E-state index in [9.17, 15) is 23.1 Å². The van der Waals surface area contributed by atoms with E-state index in [2.05, 4.69) is 14.2 Å². The van der Waals surface area contributed by atoms with Crippen LogP contribution < -0.4 is 11.2 Å². The van der Waals surface area contributed by atoms with E-state index in [-0.39, 0.29) is 0 Å². The first-order chi connectivity index (χ1) is 10.7. The first-order valence-electron chi connectivity index (χ1n) is 6.26. The number of rotatable bonds is 5. The lowest BCUT2D eigenvalue weighted by molar-refractivity contribution is -0.0405. The van der Waals surface area contributed by atoms with Crippen LogP contribution in [0.25, 0.3) is 10.4 Å². The fourth-order valence-electron chi connectivity index (χ4n) is 2.10. The number of nitrogens with one attached hydrogen (secondary N) is 1. The van der Waals surface area contributed by atoms with E-state index in [4.69, 9.17) is 10.3 Å². The van der Waals surface area contributed by atoms with Crippen LogP contribution in [0.2, 0.25) is 0 Å². The molecule has 1 aliphatic heterocycles. The molecule has 0 unspecified atom stereocenters. The van der Waals surface area contributed by atoms with E-state index in [1.165, 1.54) is 0 Å². The number of azide groups is 1. The van der Waals surface area contributed by atoms with Gasteiger partial charge < -0.3 is 9.84 Å². The number of aliphatic hydroxyl groups is 1. The van der Waals surface area contributed by atoms with E-state index in [0.717, 1.165) is 23.1 Å². The average Bonchev–Trinajstić information content (AvgIpc) is 2.74. The lowest BCUT2D eigenvalue weighted by atomic mass is 10.1. The zero-order valence-electron chi connectivity index (χ0n) is 11.8. The Morgan fingerprint density at radius 2 is 2.26 bits per heavy atom. The van der Waals surface area contributed by atoms with Crippen molar-refractivity contribution in [2.24, 2.45) is 5.11 Å². The molecule has 0 radical (unpaired) electrons. The second-order valence-corrected chi connectivity index (χ2v) is 6.40. The van der Waals surface area contributed by atoms with Gasteiger partial charge in [-0.3, -0.25) is 18.5 Å². The highest BCUT2D eigenvalue weighted by molar-refractivity contribution is 7.85. The van der Waals surface area contributed by atoms with Crippen molar-refractivity contribution in [3.63, 3.8) is 0 Å². The van der Waals surface area contributed by atoms with E-state index < -0.39 is 52.5 Å². The zero-order chi connectivity index (χ0) is 17.2. The Bertz CT molecular complexity index is 840. The Morgan fingerprint density at radius 3 is 2.83 bits per heavy atom. The van der Waals surface area contributed by atoms with Crippen LogP contribution in [0.15, 0.2) is 27.0 Å². The molecule has 1 aromatic rings. The van der Waals surface area contributed by atoms with Gasteiger partial charge in [-0.1, -0.05) is 5.11 Å². The summed E-state index contributed by atoms with van der Waals surface area (Å²) in [5.74, 6) is 0. The Morgan fingerprint density at radius 1 is 1.57 bits per heavy atom. The molecule has 0 amide bonds. The van der Waals surface area contributed by atoms with Crippen LogP contribution in [0.5, 0.6) is 0 Å². The molecule has 23 heavy (non-hydrogen) atoms. The Hall–Kier alpha value is -2.18. The summed E-state index contributed by atoms with van der Waals surface area (Å²) in [6.07, 6.45) is -1.85. The van der Waals surface area contributed by atoms with Gasteiger partial charge >= 0.3 is 5.69 Å². The molecule has 2 N–H and O–H groups in total. The summed E-state index contributed by atoms with van der Waals surface area (Å²) in [4.78, 5) is 27.4. The summed E-state index contributed by atoms with van der Waals surface area (Å²) < 4.78 is 32.9. The molecule has 126 valence electrons. The standard InChI is InChI=1S/C10H13N5O7S/c1-23(19,20)21-4-5-8(17)7(13-14-11)9(22-5)15-3-2-6(16)12-10(15)18/h2-3,5,7-9,17H,4H2,1H3,(H,12,16,18)/t5-,7-,8-,9-/m1/s1. The van der Waals surface area contributed by atoms with Crippen LogP contribution in [-0.2, 0) is 19.0 Å². The van der Waals surface area contributed by atoms with Crippen molar-refractivity contribution >= 4 is 10.1 Å². The van der Waals surface area contributed by atoms with E-state index in [1.54, 1.807) is 0 Å².